The number of unbranched alkanes of at least 4 members (excludes halogenated alkanes) is 3. The summed E-state index contributed by atoms with van der Waals surface area (Å²) in [4.78, 5) is 16.9. The number of nitrogens with one attached hydrogen (secondary N) is 1. The van der Waals surface area contributed by atoms with Crippen LogP contribution in [0.5, 0.6) is 0 Å². The van der Waals surface area contributed by atoms with Gasteiger partial charge in [0.05, 0.1) is 6.61 Å². The molecule has 1 amide bonds. The van der Waals surface area contributed by atoms with Crippen molar-refractivity contribution in [2.45, 2.75) is 71.5 Å². The largest absolute Gasteiger partial charge is 0.494 e. The van der Waals surface area contributed by atoms with E-state index in [1.807, 2.05) is 26.0 Å². The van der Waals surface area contributed by atoms with E-state index in [-0.39, 0.29) is 12.2 Å². The second kappa shape index (κ2) is 13.7. The number of carbonyl (C=O) groups is 1. The van der Waals surface area contributed by atoms with Crippen LogP contribution in [0.1, 0.15) is 65.2 Å². The van der Waals surface area contributed by atoms with E-state index in [1.54, 1.807) is 6.08 Å². The van der Waals surface area contributed by atoms with E-state index in [9.17, 15) is 4.79 Å². The first kappa shape index (κ1) is 21.5. The van der Waals surface area contributed by atoms with Gasteiger partial charge in [-0.05, 0) is 51.7 Å². The molecule has 1 heterocycles. The quantitative estimate of drug-likeness (QED) is 0.242. The number of amides is 1. The fourth-order valence-electron chi connectivity index (χ4n) is 2.34. The van der Waals surface area contributed by atoms with E-state index in [2.05, 4.69) is 12.1 Å². The molecule has 0 spiro atoms. The minimum absolute atomic E-state index is 0.0796. The van der Waals surface area contributed by atoms with E-state index in [0.717, 1.165) is 50.7 Å². The fourth-order valence-corrected chi connectivity index (χ4v) is 2.34. The van der Waals surface area contributed by atoms with Gasteiger partial charge in [0.15, 0.2) is 6.29 Å². The van der Waals surface area contributed by atoms with Crippen molar-refractivity contribution in [3.8, 4) is 0 Å². The Morgan fingerprint density at radius 3 is 2.68 bits per heavy atom. The molecule has 0 aromatic heterocycles. The molecule has 1 aliphatic rings. The molecule has 1 saturated heterocycles. The highest BCUT2D eigenvalue weighted by molar-refractivity contribution is 5.74. The third-order valence-electron chi connectivity index (χ3n) is 3.79. The van der Waals surface area contributed by atoms with Crippen LogP contribution in [0.4, 0.5) is 0 Å². The van der Waals surface area contributed by atoms with Crippen LogP contribution in [-0.2, 0) is 19.1 Å². The van der Waals surface area contributed by atoms with E-state index in [0.29, 0.717) is 19.6 Å². The SMILES string of the molecule is C=C/C(=C\C=C(C)C)OCCCCCCC(=O)NOC1CCCCO1. The fraction of sp³-hybridized carbons (Fsp3) is 0.650. The molecule has 5 heteroatoms. The van der Waals surface area contributed by atoms with Crippen molar-refractivity contribution in [2.75, 3.05) is 13.2 Å². The number of hydrogen-bond donors (Lipinski definition) is 1. The minimum Gasteiger partial charge on any atom is -0.494 e. The zero-order valence-corrected chi connectivity index (χ0v) is 15.7. The Kier molecular flexibility index (Phi) is 11.7. The molecule has 1 atom stereocenters. The maximum absolute atomic E-state index is 11.7. The first-order valence-electron chi connectivity index (χ1n) is 9.28. The van der Waals surface area contributed by atoms with Gasteiger partial charge in [0.25, 0.3) is 0 Å². The number of hydrogen-bond acceptors (Lipinski definition) is 4. The molecule has 0 aromatic rings. The Morgan fingerprint density at radius 2 is 2.00 bits per heavy atom. The van der Waals surface area contributed by atoms with Crippen molar-refractivity contribution in [2.24, 2.45) is 0 Å². The van der Waals surface area contributed by atoms with Crippen molar-refractivity contribution in [3.63, 3.8) is 0 Å². The van der Waals surface area contributed by atoms with Crippen LogP contribution in [0, 0.1) is 0 Å². The zero-order chi connectivity index (χ0) is 18.3. The van der Waals surface area contributed by atoms with Crippen molar-refractivity contribution in [1.29, 1.82) is 0 Å². The number of hydroxylamine groups is 1. The van der Waals surface area contributed by atoms with Crippen molar-refractivity contribution in [1.82, 2.24) is 5.48 Å². The molecule has 1 fully saturated rings. The Hall–Kier alpha value is -1.59. The van der Waals surface area contributed by atoms with Gasteiger partial charge in [0.2, 0.25) is 5.91 Å². The first-order chi connectivity index (χ1) is 12.1. The Bertz CT molecular complexity index is 447. The lowest BCUT2D eigenvalue weighted by atomic mass is 10.1. The lowest BCUT2D eigenvalue weighted by Crippen LogP contribution is -2.32. The molecule has 0 radical (unpaired) electrons. The predicted octanol–water partition coefficient (Wildman–Crippen LogP) is 4.56. The third-order valence-corrected chi connectivity index (χ3v) is 3.79. The maximum Gasteiger partial charge on any atom is 0.243 e. The molecule has 1 unspecified atom stereocenters. The van der Waals surface area contributed by atoms with E-state index in [1.165, 1.54) is 5.57 Å². The van der Waals surface area contributed by atoms with Gasteiger partial charge in [-0.2, -0.15) is 0 Å². The van der Waals surface area contributed by atoms with Gasteiger partial charge < -0.3 is 9.47 Å². The van der Waals surface area contributed by atoms with Gasteiger partial charge in [-0.1, -0.05) is 31.1 Å². The molecule has 142 valence electrons. The molecular weight excluding hydrogens is 318 g/mol. The van der Waals surface area contributed by atoms with E-state index in [4.69, 9.17) is 14.3 Å². The van der Waals surface area contributed by atoms with Gasteiger partial charge in [-0.15, -0.1) is 0 Å². The summed E-state index contributed by atoms with van der Waals surface area (Å²) in [7, 11) is 0. The number of allylic oxidation sites excluding steroid dienone is 4. The molecule has 1 rings (SSSR count). The molecule has 0 bridgehead atoms. The third kappa shape index (κ3) is 11.6. The van der Waals surface area contributed by atoms with Gasteiger partial charge in [-0.25, -0.2) is 10.3 Å². The summed E-state index contributed by atoms with van der Waals surface area (Å²) in [5.41, 5.74) is 3.71. The number of rotatable bonds is 12. The molecule has 1 aliphatic heterocycles. The summed E-state index contributed by atoms with van der Waals surface area (Å²) < 4.78 is 11.1. The normalized spacial score (nSPS) is 17.7. The summed E-state index contributed by atoms with van der Waals surface area (Å²) in [6.07, 6.45) is 12.7. The highest BCUT2D eigenvalue weighted by atomic mass is 16.8. The molecule has 0 saturated carbocycles. The lowest BCUT2D eigenvalue weighted by molar-refractivity contribution is -0.200. The van der Waals surface area contributed by atoms with Crippen molar-refractivity contribution < 1.29 is 19.1 Å². The highest BCUT2D eigenvalue weighted by Crippen LogP contribution is 2.12. The summed E-state index contributed by atoms with van der Waals surface area (Å²) in [5, 5.41) is 0. The Labute approximate surface area is 152 Å². The lowest BCUT2D eigenvalue weighted by Gasteiger charge is -2.22. The highest BCUT2D eigenvalue weighted by Gasteiger charge is 2.15. The summed E-state index contributed by atoms with van der Waals surface area (Å²) in [6.45, 7) is 9.21. The van der Waals surface area contributed by atoms with Crippen LogP contribution in [0.15, 0.2) is 36.1 Å². The Morgan fingerprint density at radius 1 is 1.20 bits per heavy atom. The van der Waals surface area contributed by atoms with Crippen molar-refractivity contribution >= 4 is 5.91 Å². The van der Waals surface area contributed by atoms with E-state index >= 15 is 0 Å². The Balaban J connectivity index is 1.98. The van der Waals surface area contributed by atoms with Gasteiger partial charge in [0.1, 0.15) is 5.76 Å². The molecule has 0 aliphatic carbocycles. The average molecular weight is 351 g/mol. The van der Waals surface area contributed by atoms with Crippen LogP contribution in [0.3, 0.4) is 0 Å². The van der Waals surface area contributed by atoms with Crippen LogP contribution in [-0.4, -0.2) is 25.4 Å². The monoisotopic (exact) mass is 351 g/mol. The smallest absolute Gasteiger partial charge is 0.243 e. The standard InChI is InChI=1S/C20H33NO4/c1-4-18(14-13-17(2)3)23-15-9-6-5-7-11-19(22)21-25-20-12-8-10-16-24-20/h4,13-14,20H,1,5-12,15-16H2,2-3H3,(H,21,22)/b18-14+. The van der Waals surface area contributed by atoms with E-state index < -0.39 is 0 Å². The van der Waals surface area contributed by atoms with Crippen molar-refractivity contribution in [3.05, 3.63) is 36.1 Å². The molecule has 1 N–H and O–H groups in total. The van der Waals surface area contributed by atoms with Gasteiger partial charge >= 0.3 is 0 Å². The van der Waals surface area contributed by atoms with Gasteiger partial charge in [0, 0.05) is 19.4 Å². The summed E-state index contributed by atoms with van der Waals surface area (Å²) >= 11 is 0. The molecule has 25 heavy (non-hydrogen) atoms. The maximum atomic E-state index is 11.7. The van der Waals surface area contributed by atoms with Crippen LogP contribution >= 0.6 is 0 Å². The van der Waals surface area contributed by atoms with Gasteiger partial charge in [-0.3, -0.25) is 4.79 Å². The predicted molar refractivity (Wildman–Crippen MR) is 99.6 cm³/mol. The summed E-state index contributed by atoms with van der Waals surface area (Å²) in [6, 6.07) is 0. The topological polar surface area (TPSA) is 56.8 Å². The minimum atomic E-state index is -0.284. The second-order valence-corrected chi connectivity index (χ2v) is 6.47. The first-order valence-corrected chi connectivity index (χ1v) is 9.28. The number of ether oxygens (including phenoxy) is 2. The van der Waals surface area contributed by atoms with Crippen LogP contribution in [0.25, 0.3) is 0 Å². The van der Waals surface area contributed by atoms with Crippen LogP contribution in [0.2, 0.25) is 0 Å². The molecular formula is C20H33NO4. The molecule has 5 nitrogen and oxygen atoms in total. The number of carbonyl (C=O) groups excluding carboxylic acids is 1. The second-order valence-electron chi connectivity index (χ2n) is 6.47. The zero-order valence-electron chi connectivity index (χ0n) is 15.7. The average Bonchev–Trinajstić information content (AvgIpc) is 2.62. The van der Waals surface area contributed by atoms with Crippen LogP contribution < -0.4 is 5.48 Å². The molecule has 0 aromatic carbocycles. The summed E-state index contributed by atoms with van der Waals surface area (Å²) in [5.74, 6) is 0.715.